The first kappa shape index (κ1) is 14.8. The lowest BCUT2D eigenvalue weighted by molar-refractivity contribution is 0.318. The van der Waals surface area contributed by atoms with E-state index < -0.39 is 0 Å². The number of nitrogens with two attached hydrogens (primary N) is 1. The Morgan fingerprint density at radius 1 is 1.52 bits per heavy atom. The van der Waals surface area contributed by atoms with Gasteiger partial charge in [-0.15, -0.1) is 0 Å². The van der Waals surface area contributed by atoms with E-state index in [9.17, 15) is 4.39 Å². The van der Waals surface area contributed by atoms with Gasteiger partial charge < -0.3 is 15.8 Å². The average Bonchev–Trinajstić information content (AvgIpc) is 2.72. The van der Waals surface area contributed by atoms with Gasteiger partial charge in [-0.2, -0.15) is 5.10 Å². The summed E-state index contributed by atoms with van der Waals surface area (Å²) in [4.78, 5) is 1.88. The van der Waals surface area contributed by atoms with E-state index in [1.54, 1.807) is 24.7 Å². The molecule has 0 unspecified atom stereocenters. The molecule has 0 aliphatic carbocycles. The zero-order chi connectivity index (χ0) is 15.6. The van der Waals surface area contributed by atoms with Crippen molar-refractivity contribution in [2.75, 3.05) is 11.9 Å². The van der Waals surface area contributed by atoms with Gasteiger partial charge in [-0.05, 0) is 24.6 Å². The van der Waals surface area contributed by atoms with Gasteiger partial charge in [0.05, 0.1) is 11.3 Å². The Labute approximate surface area is 122 Å². The van der Waals surface area contributed by atoms with Crippen molar-refractivity contribution in [1.82, 2.24) is 9.78 Å². The molecule has 0 saturated carbocycles. The molecular formula is C14H18FN5O. The summed E-state index contributed by atoms with van der Waals surface area (Å²) in [6.45, 7) is 2.26. The summed E-state index contributed by atoms with van der Waals surface area (Å²) in [6, 6.07) is 6.38. The van der Waals surface area contributed by atoms with Crippen molar-refractivity contribution in [3.05, 3.63) is 46.9 Å². The molecular weight excluding hydrogens is 273 g/mol. The SMILES string of the molecule is Cc1nn(C)c(N(C)Cc2cccc(F)c2)c1C(N)=NO. The van der Waals surface area contributed by atoms with Gasteiger partial charge in [-0.1, -0.05) is 17.3 Å². The van der Waals surface area contributed by atoms with Gasteiger partial charge in [0.2, 0.25) is 0 Å². The van der Waals surface area contributed by atoms with Gasteiger partial charge in [0.15, 0.2) is 5.84 Å². The van der Waals surface area contributed by atoms with Gasteiger partial charge in [-0.25, -0.2) is 4.39 Å². The van der Waals surface area contributed by atoms with Gasteiger partial charge in [0.1, 0.15) is 11.6 Å². The number of halogens is 1. The quantitative estimate of drug-likeness (QED) is 0.388. The molecule has 6 nitrogen and oxygen atoms in total. The number of benzene rings is 1. The highest BCUT2D eigenvalue weighted by atomic mass is 19.1. The zero-order valence-electron chi connectivity index (χ0n) is 12.2. The lowest BCUT2D eigenvalue weighted by Crippen LogP contribution is -2.24. The number of amidine groups is 1. The summed E-state index contributed by atoms with van der Waals surface area (Å²) in [5.74, 6) is 0.424. The first-order valence-electron chi connectivity index (χ1n) is 6.41. The normalized spacial score (nSPS) is 11.7. The molecule has 7 heteroatoms. The molecule has 0 fully saturated rings. The second-order valence-electron chi connectivity index (χ2n) is 4.88. The Hall–Kier alpha value is -2.57. The highest BCUT2D eigenvalue weighted by Crippen LogP contribution is 2.23. The maximum absolute atomic E-state index is 13.3. The number of rotatable bonds is 4. The molecule has 3 N–H and O–H groups in total. The van der Waals surface area contributed by atoms with Crippen molar-refractivity contribution in [3.63, 3.8) is 0 Å². The molecule has 0 aliphatic rings. The molecule has 0 aliphatic heterocycles. The van der Waals surface area contributed by atoms with Crippen LogP contribution < -0.4 is 10.6 Å². The van der Waals surface area contributed by atoms with Crippen LogP contribution in [0.4, 0.5) is 10.2 Å². The number of anilines is 1. The van der Waals surface area contributed by atoms with E-state index >= 15 is 0 Å². The number of aryl methyl sites for hydroxylation is 2. The van der Waals surface area contributed by atoms with E-state index in [0.29, 0.717) is 23.6 Å². The zero-order valence-corrected chi connectivity index (χ0v) is 12.2. The number of hydrogen-bond acceptors (Lipinski definition) is 4. The number of aromatic nitrogens is 2. The van der Waals surface area contributed by atoms with Crippen LogP contribution in [0.1, 0.15) is 16.8 Å². The van der Waals surface area contributed by atoms with Crippen LogP contribution in [0.15, 0.2) is 29.4 Å². The second kappa shape index (κ2) is 5.82. The minimum atomic E-state index is -0.279. The predicted molar refractivity (Wildman–Crippen MR) is 79.0 cm³/mol. The molecule has 2 aromatic rings. The molecule has 0 bridgehead atoms. The fraction of sp³-hybridized carbons (Fsp3) is 0.286. The summed E-state index contributed by atoms with van der Waals surface area (Å²) in [5.41, 5.74) is 7.78. The van der Waals surface area contributed by atoms with Crippen molar-refractivity contribution in [1.29, 1.82) is 0 Å². The first-order valence-corrected chi connectivity index (χ1v) is 6.41. The second-order valence-corrected chi connectivity index (χ2v) is 4.88. The lowest BCUT2D eigenvalue weighted by Gasteiger charge is -2.21. The van der Waals surface area contributed by atoms with Gasteiger partial charge in [-0.3, -0.25) is 4.68 Å². The molecule has 0 saturated heterocycles. The highest BCUT2D eigenvalue weighted by Gasteiger charge is 2.20. The van der Waals surface area contributed by atoms with Crippen molar-refractivity contribution < 1.29 is 9.60 Å². The minimum Gasteiger partial charge on any atom is -0.409 e. The fourth-order valence-corrected chi connectivity index (χ4v) is 2.42. The van der Waals surface area contributed by atoms with Crippen molar-refractivity contribution in [2.45, 2.75) is 13.5 Å². The maximum atomic E-state index is 13.3. The highest BCUT2D eigenvalue weighted by molar-refractivity contribution is 6.02. The van der Waals surface area contributed by atoms with E-state index in [-0.39, 0.29) is 11.7 Å². The Balaban J connectivity index is 2.37. The van der Waals surface area contributed by atoms with E-state index in [1.165, 1.54) is 12.1 Å². The molecule has 21 heavy (non-hydrogen) atoms. The van der Waals surface area contributed by atoms with E-state index in [4.69, 9.17) is 10.9 Å². The van der Waals surface area contributed by atoms with E-state index in [2.05, 4.69) is 10.3 Å². The topological polar surface area (TPSA) is 79.7 Å². The van der Waals surface area contributed by atoms with E-state index in [0.717, 1.165) is 5.56 Å². The standard InChI is InChI=1S/C14H18FN5O/c1-9-12(13(16)18-21)14(20(3)17-9)19(2)8-10-5-4-6-11(15)7-10/h4-7,21H,8H2,1-3H3,(H2,16,18). The van der Waals surface area contributed by atoms with Gasteiger partial charge in [0.25, 0.3) is 0 Å². The average molecular weight is 291 g/mol. The third kappa shape index (κ3) is 2.96. The molecule has 1 heterocycles. The fourth-order valence-electron chi connectivity index (χ4n) is 2.42. The Morgan fingerprint density at radius 3 is 2.86 bits per heavy atom. The summed E-state index contributed by atoms with van der Waals surface area (Å²) in [6.07, 6.45) is 0. The lowest BCUT2D eigenvalue weighted by atomic mass is 10.2. The summed E-state index contributed by atoms with van der Waals surface area (Å²) < 4.78 is 14.9. The minimum absolute atomic E-state index is 0.00157. The third-order valence-corrected chi connectivity index (χ3v) is 3.23. The summed E-state index contributed by atoms with van der Waals surface area (Å²) in [7, 11) is 3.62. The molecule has 112 valence electrons. The smallest absolute Gasteiger partial charge is 0.175 e. The molecule has 0 radical (unpaired) electrons. The Kier molecular flexibility index (Phi) is 4.11. The van der Waals surface area contributed by atoms with Crippen LogP contribution >= 0.6 is 0 Å². The Bertz CT molecular complexity index is 680. The van der Waals surface area contributed by atoms with Crippen LogP contribution in [0.2, 0.25) is 0 Å². The summed E-state index contributed by atoms with van der Waals surface area (Å²) in [5, 5.41) is 16.3. The predicted octanol–water partition coefficient (Wildman–Crippen LogP) is 1.60. The Morgan fingerprint density at radius 2 is 2.24 bits per heavy atom. The van der Waals surface area contributed by atoms with Crippen LogP contribution in [0.5, 0.6) is 0 Å². The molecule has 0 spiro atoms. The first-order chi connectivity index (χ1) is 9.93. The molecule has 0 atom stereocenters. The van der Waals surface area contributed by atoms with Crippen molar-refractivity contribution in [3.8, 4) is 0 Å². The van der Waals surface area contributed by atoms with Crippen LogP contribution in [-0.4, -0.2) is 27.9 Å². The van der Waals surface area contributed by atoms with Crippen LogP contribution in [0, 0.1) is 12.7 Å². The number of nitrogens with zero attached hydrogens (tertiary/aromatic N) is 4. The summed E-state index contributed by atoms with van der Waals surface area (Å²) >= 11 is 0. The van der Waals surface area contributed by atoms with Gasteiger partial charge in [0, 0.05) is 20.6 Å². The molecule has 1 aromatic carbocycles. The molecule has 1 aromatic heterocycles. The van der Waals surface area contributed by atoms with Crippen molar-refractivity contribution in [2.24, 2.45) is 17.9 Å². The maximum Gasteiger partial charge on any atom is 0.175 e. The molecule has 0 amide bonds. The van der Waals surface area contributed by atoms with Gasteiger partial charge >= 0.3 is 0 Å². The van der Waals surface area contributed by atoms with Crippen LogP contribution in [0.3, 0.4) is 0 Å². The van der Waals surface area contributed by atoms with E-state index in [1.807, 2.05) is 18.0 Å². The van der Waals surface area contributed by atoms with Crippen LogP contribution in [-0.2, 0) is 13.6 Å². The number of oxime groups is 1. The third-order valence-electron chi connectivity index (χ3n) is 3.23. The largest absolute Gasteiger partial charge is 0.409 e. The monoisotopic (exact) mass is 291 g/mol. The molecule has 2 rings (SSSR count). The van der Waals surface area contributed by atoms with Crippen LogP contribution in [0.25, 0.3) is 0 Å². The van der Waals surface area contributed by atoms with Crippen molar-refractivity contribution >= 4 is 11.7 Å². The number of hydrogen-bond donors (Lipinski definition) is 2.